The van der Waals surface area contributed by atoms with Crippen molar-refractivity contribution in [1.29, 1.82) is 0 Å². The van der Waals surface area contributed by atoms with Gasteiger partial charge < -0.3 is 19.7 Å². The number of piperidine rings is 1. The van der Waals surface area contributed by atoms with Crippen molar-refractivity contribution in [3.8, 4) is 11.5 Å². The Morgan fingerprint density at radius 3 is 2.68 bits per heavy atom. The second-order valence-corrected chi connectivity index (χ2v) is 9.51. The monoisotopic (exact) mass is 411 g/mol. The van der Waals surface area contributed by atoms with Gasteiger partial charge in [0.1, 0.15) is 6.54 Å². The number of likely N-dealkylation sites (tertiary alicyclic amines) is 1. The van der Waals surface area contributed by atoms with Crippen LogP contribution in [0.3, 0.4) is 0 Å². The molecule has 1 aromatic carbocycles. The van der Waals surface area contributed by atoms with Gasteiger partial charge >= 0.3 is 0 Å². The number of carbonyl (C=O) groups is 1. The van der Waals surface area contributed by atoms with Gasteiger partial charge in [0.2, 0.25) is 22.7 Å². The van der Waals surface area contributed by atoms with Crippen molar-refractivity contribution in [3.63, 3.8) is 0 Å². The van der Waals surface area contributed by atoms with Crippen LogP contribution in [0.15, 0.2) is 18.2 Å². The minimum Gasteiger partial charge on any atom is -0.454 e. The molecular formula is C19H29N3O5S. The Morgan fingerprint density at radius 1 is 1.25 bits per heavy atom. The molecule has 1 aromatic rings. The normalized spacial score (nSPS) is 17.5. The van der Waals surface area contributed by atoms with E-state index in [4.69, 9.17) is 9.47 Å². The van der Waals surface area contributed by atoms with Crippen molar-refractivity contribution in [1.82, 2.24) is 10.2 Å². The van der Waals surface area contributed by atoms with Gasteiger partial charge in [0.15, 0.2) is 11.5 Å². The minimum absolute atomic E-state index is 0.0929. The molecule has 28 heavy (non-hydrogen) atoms. The van der Waals surface area contributed by atoms with Gasteiger partial charge in [-0.1, -0.05) is 0 Å². The highest BCUT2D eigenvalue weighted by Crippen LogP contribution is 2.36. The first-order valence-electron chi connectivity index (χ1n) is 9.74. The number of sulfonamides is 1. The molecule has 0 aromatic heterocycles. The molecule has 156 valence electrons. The van der Waals surface area contributed by atoms with Crippen LogP contribution < -0.4 is 19.1 Å². The van der Waals surface area contributed by atoms with E-state index >= 15 is 0 Å². The van der Waals surface area contributed by atoms with E-state index in [9.17, 15) is 13.2 Å². The highest BCUT2D eigenvalue weighted by Gasteiger charge is 2.26. The van der Waals surface area contributed by atoms with Gasteiger partial charge in [-0.3, -0.25) is 9.10 Å². The molecule has 2 aliphatic heterocycles. The van der Waals surface area contributed by atoms with Gasteiger partial charge in [-0.15, -0.1) is 0 Å². The first kappa shape index (κ1) is 20.7. The standard InChI is InChI=1S/C19H29N3O5S/c1-3-28(24,25)22(16-4-5-17-18(12-16)27-14-26-17)13-19(23)20-9-6-15-7-10-21(2)11-8-15/h4-5,12,15H,3,6-11,13-14H2,1-2H3,(H,20,23). The summed E-state index contributed by atoms with van der Waals surface area (Å²) < 4.78 is 36.9. The maximum atomic E-state index is 12.6. The van der Waals surface area contributed by atoms with Crippen molar-refractivity contribution in [2.24, 2.45) is 5.92 Å². The number of nitrogens with one attached hydrogen (secondary N) is 1. The van der Waals surface area contributed by atoms with Gasteiger partial charge in [0.25, 0.3) is 0 Å². The Bertz CT molecular complexity index is 791. The summed E-state index contributed by atoms with van der Waals surface area (Å²) in [5, 5.41) is 2.88. The molecule has 9 heteroatoms. The summed E-state index contributed by atoms with van der Waals surface area (Å²) in [4.78, 5) is 14.7. The largest absolute Gasteiger partial charge is 0.454 e. The molecule has 0 unspecified atom stereocenters. The van der Waals surface area contributed by atoms with Crippen molar-refractivity contribution in [3.05, 3.63) is 18.2 Å². The summed E-state index contributed by atoms with van der Waals surface area (Å²) in [6.45, 7) is 4.16. The van der Waals surface area contributed by atoms with Crippen LogP contribution in [0.25, 0.3) is 0 Å². The van der Waals surface area contributed by atoms with Crippen molar-refractivity contribution in [2.45, 2.75) is 26.2 Å². The van der Waals surface area contributed by atoms with Crippen LogP contribution in [0.2, 0.25) is 0 Å². The predicted molar refractivity (Wildman–Crippen MR) is 107 cm³/mol. The molecule has 1 N–H and O–H groups in total. The summed E-state index contributed by atoms with van der Waals surface area (Å²) in [6.07, 6.45) is 3.20. The summed E-state index contributed by atoms with van der Waals surface area (Å²) >= 11 is 0. The van der Waals surface area contributed by atoms with Crippen molar-refractivity contribution < 1.29 is 22.7 Å². The highest BCUT2D eigenvalue weighted by molar-refractivity contribution is 7.92. The zero-order valence-electron chi connectivity index (χ0n) is 16.5. The maximum absolute atomic E-state index is 12.6. The molecule has 8 nitrogen and oxygen atoms in total. The third kappa shape index (κ3) is 5.08. The summed E-state index contributed by atoms with van der Waals surface area (Å²) in [6, 6.07) is 4.89. The van der Waals surface area contributed by atoms with Crippen LogP contribution in [0.4, 0.5) is 5.69 Å². The van der Waals surface area contributed by atoms with E-state index in [0.29, 0.717) is 29.6 Å². The molecule has 1 amide bonds. The zero-order chi connectivity index (χ0) is 20.1. The summed E-state index contributed by atoms with van der Waals surface area (Å²) in [5.74, 6) is 1.27. The molecule has 2 heterocycles. The molecule has 0 aliphatic carbocycles. The topological polar surface area (TPSA) is 88.2 Å². The number of benzene rings is 1. The minimum atomic E-state index is -3.61. The van der Waals surface area contributed by atoms with Gasteiger partial charge in [-0.05, 0) is 64.4 Å². The molecule has 0 bridgehead atoms. The number of hydrogen-bond acceptors (Lipinski definition) is 6. The summed E-state index contributed by atoms with van der Waals surface area (Å²) in [7, 11) is -1.48. The number of ether oxygens (including phenoxy) is 2. The maximum Gasteiger partial charge on any atom is 0.240 e. The lowest BCUT2D eigenvalue weighted by molar-refractivity contribution is -0.119. The first-order valence-corrected chi connectivity index (χ1v) is 11.3. The molecule has 0 saturated carbocycles. The smallest absolute Gasteiger partial charge is 0.240 e. The number of anilines is 1. The highest BCUT2D eigenvalue weighted by atomic mass is 32.2. The number of rotatable bonds is 8. The fourth-order valence-electron chi connectivity index (χ4n) is 3.50. The van der Waals surface area contributed by atoms with Crippen LogP contribution >= 0.6 is 0 Å². The van der Waals surface area contributed by atoms with E-state index < -0.39 is 10.0 Å². The van der Waals surface area contributed by atoms with Gasteiger partial charge in [-0.2, -0.15) is 0 Å². The van der Waals surface area contributed by atoms with Crippen molar-refractivity contribution >= 4 is 21.6 Å². The Kier molecular flexibility index (Phi) is 6.66. The number of fused-ring (bicyclic) bond motifs is 1. The van der Waals surface area contributed by atoms with E-state index in [1.54, 1.807) is 25.1 Å². The number of amides is 1. The van der Waals surface area contributed by atoms with E-state index in [2.05, 4.69) is 17.3 Å². The average molecular weight is 412 g/mol. The van der Waals surface area contributed by atoms with Gasteiger partial charge in [-0.25, -0.2) is 8.42 Å². The zero-order valence-corrected chi connectivity index (χ0v) is 17.3. The molecule has 3 rings (SSSR count). The molecule has 2 aliphatic rings. The molecule has 0 atom stereocenters. The van der Waals surface area contributed by atoms with Crippen LogP contribution in [-0.2, 0) is 14.8 Å². The van der Waals surface area contributed by atoms with E-state index in [1.807, 2.05) is 0 Å². The lowest BCUT2D eigenvalue weighted by atomic mass is 9.94. The number of hydrogen-bond donors (Lipinski definition) is 1. The lowest BCUT2D eigenvalue weighted by Crippen LogP contribution is -2.42. The van der Waals surface area contributed by atoms with E-state index in [0.717, 1.165) is 36.7 Å². The average Bonchev–Trinajstić information content (AvgIpc) is 3.15. The fourth-order valence-corrected chi connectivity index (χ4v) is 4.56. The third-order valence-electron chi connectivity index (χ3n) is 5.34. The Morgan fingerprint density at radius 2 is 1.96 bits per heavy atom. The third-order valence-corrected chi connectivity index (χ3v) is 7.09. The molecule has 1 fully saturated rings. The van der Waals surface area contributed by atoms with Crippen LogP contribution in [-0.4, -0.2) is 65.0 Å². The van der Waals surface area contributed by atoms with E-state index in [1.165, 1.54) is 0 Å². The quantitative estimate of drug-likeness (QED) is 0.696. The lowest BCUT2D eigenvalue weighted by Gasteiger charge is -2.29. The Labute approximate surface area is 166 Å². The second-order valence-electron chi connectivity index (χ2n) is 7.33. The molecule has 0 radical (unpaired) electrons. The molecule has 1 saturated heterocycles. The van der Waals surface area contributed by atoms with Gasteiger partial charge in [0, 0.05) is 12.6 Å². The first-order chi connectivity index (χ1) is 13.4. The van der Waals surface area contributed by atoms with Crippen molar-refractivity contribution in [2.75, 3.05) is 50.1 Å². The SMILES string of the molecule is CCS(=O)(=O)N(CC(=O)NCCC1CCN(C)CC1)c1ccc2c(c1)OCO2. The summed E-state index contributed by atoms with van der Waals surface area (Å²) in [5.41, 5.74) is 0.400. The molecular weight excluding hydrogens is 382 g/mol. The number of carbonyl (C=O) groups excluding carboxylic acids is 1. The predicted octanol–water partition coefficient (Wildman–Crippen LogP) is 1.42. The van der Waals surface area contributed by atoms with Gasteiger partial charge in [0.05, 0.1) is 11.4 Å². The molecule has 0 spiro atoms. The number of nitrogens with zero attached hydrogens (tertiary/aromatic N) is 2. The Hall–Kier alpha value is -2.00. The Balaban J connectivity index is 1.59. The van der Waals surface area contributed by atoms with Crippen LogP contribution in [0, 0.1) is 5.92 Å². The van der Waals surface area contributed by atoms with Crippen LogP contribution in [0.5, 0.6) is 11.5 Å². The second kappa shape index (κ2) is 9.00. The van der Waals surface area contributed by atoms with Crippen LogP contribution in [0.1, 0.15) is 26.2 Å². The fraction of sp³-hybridized carbons (Fsp3) is 0.632. The van der Waals surface area contributed by atoms with E-state index in [-0.39, 0.29) is 25.0 Å².